The zero-order valence-electron chi connectivity index (χ0n) is 8.35. The van der Waals surface area contributed by atoms with Gasteiger partial charge in [0.1, 0.15) is 12.0 Å². The second-order valence-electron chi connectivity index (χ2n) is 3.34. The van der Waals surface area contributed by atoms with Crippen molar-refractivity contribution in [2.24, 2.45) is 11.7 Å². The molecule has 0 bridgehead atoms. The molecule has 2 unspecified atom stereocenters. The van der Waals surface area contributed by atoms with E-state index in [2.05, 4.69) is 6.58 Å². The summed E-state index contributed by atoms with van der Waals surface area (Å²) in [7, 11) is 0. The largest absolute Gasteiger partial charge is 0.400 e. The highest BCUT2D eigenvalue weighted by molar-refractivity contribution is 5.79. The highest BCUT2D eigenvalue weighted by Gasteiger charge is 2.25. The molecule has 0 saturated heterocycles. The predicted octanol–water partition coefficient (Wildman–Crippen LogP) is 2.19. The first-order chi connectivity index (χ1) is 6.00. The standard InChI is InChI=1S/C10H18FNO/c1-4-5-6-9(8(3)13)10(11)7(2)12/h9-10H,2,4-6,12H2,1,3H3. The van der Waals surface area contributed by atoms with Crippen LogP contribution >= 0.6 is 0 Å². The van der Waals surface area contributed by atoms with E-state index in [0.29, 0.717) is 6.42 Å². The summed E-state index contributed by atoms with van der Waals surface area (Å²) in [6.07, 6.45) is 0.971. The summed E-state index contributed by atoms with van der Waals surface area (Å²) >= 11 is 0. The van der Waals surface area contributed by atoms with Gasteiger partial charge in [-0.2, -0.15) is 0 Å². The maximum atomic E-state index is 13.3. The van der Waals surface area contributed by atoms with Gasteiger partial charge in [0.25, 0.3) is 0 Å². The lowest BCUT2D eigenvalue weighted by molar-refractivity contribution is -0.122. The van der Waals surface area contributed by atoms with E-state index in [1.165, 1.54) is 6.92 Å². The van der Waals surface area contributed by atoms with Crippen LogP contribution < -0.4 is 5.73 Å². The minimum Gasteiger partial charge on any atom is -0.400 e. The van der Waals surface area contributed by atoms with Crippen molar-refractivity contribution in [3.8, 4) is 0 Å². The molecule has 0 fully saturated rings. The number of ketones is 1. The molecule has 0 aromatic rings. The molecule has 0 heterocycles. The van der Waals surface area contributed by atoms with Gasteiger partial charge in [0, 0.05) is 5.70 Å². The molecule has 2 nitrogen and oxygen atoms in total. The molecule has 0 spiro atoms. The first-order valence-corrected chi connectivity index (χ1v) is 4.59. The number of hydrogen-bond acceptors (Lipinski definition) is 2. The van der Waals surface area contributed by atoms with Crippen LogP contribution in [0.5, 0.6) is 0 Å². The Bertz CT molecular complexity index is 191. The topological polar surface area (TPSA) is 43.1 Å². The summed E-state index contributed by atoms with van der Waals surface area (Å²) < 4.78 is 13.3. The second kappa shape index (κ2) is 5.73. The van der Waals surface area contributed by atoms with Crippen molar-refractivity contribution in [1.29, 1.82) is 0 Å². The summed E-state index contributed by atoms with van der Waals surface area (Å²) in [5.74, 6) is -0.745. The number of nitrogens with two attached hydrogens (primary N) is 1. The average Bonchev–Trinajstić information content (AvgIpc) is 2.04. The molecule has 0 radical (unpaired) electrons. The van der Waals surface area contributed by atoms with Crippen molar-refractivity contribution in [3.05, 3.63) is 12.3 Å². The molecule has 13 heavy (non-hydrogen) atoms. The zero-order chi connectivity index (χ0) is 10.4. The molecule has 3 heteroatoms. The van der Waals surface area contributed by atoms with Gasteiger partial charge >= 0.3 is 0 Å². The fourth-order valence-corrected chi connectivity index (χ4v) is 1.24. The third-order valence-electron chi connectivity index (χ3n) is 2.10. The second-order valence-corrected chi connectivity index (χ2v) is 3.34. The Balaban J connectivity index is 4.24. The summed E-state index contributed by atoms with van der Waals surface area (Å²) in [5.41, 5.74) is 5.18. The normalized spacial score (nSPS) is 15.0. The van der Waals surface area contributed by atoms with Crippen molar-refractivity contribution >= 4 is 5.78 Å². The van der Waals surface area contributed by atoms with Crippen molar-refractivity contribution in [3.63, 3.8) is 0 Å². The van der Waals surface area contributed by atoms with Gasteiger partial charge in [0.2, 0.25) is 0 Å². The number of carbonyl (C=O) groups excluding carboxylic acids is 1. The van der Waals surface area contributed by atoms with Gasteiger partial charge in [-0.25, -0.2) is 4.39 Å². The van der Waals surface area contributed by atoms with Gasteiger partial charge in [-0.15, -0.1) is 0 Å². The molecule has 2 N–H and O–H groups in total. The quantitative estimate of drug-likeness (QED) is 0.692. The first kappa shape index (κ1) is 12.1. The highest BCUT2D eigenvalue weighted by Crippen LogP contribution is 2.19. The number of halogens is 1. The van der Waals surface area contributed by atoms with Gasteiger partial charge in [0.15, 0.2) is 0 Å². The van der Waals surface area contributed by atoms with Crippen LogP contribution in [0, 0.1) is 5.92 Å². The van der Waals surface area contributed by atoms with Crippen LogP contribution in [-0.2, 0) is 4.79 Å². The molecule has 0 rings (SSSR count). The van der Waals surface area contributed by atoms with E-state index in [1.54, 1.807) is 0 Å². The molecule has 0 aromatic heterocycles. The third-order valence-corrected chi connectivity index (χ3v) is 2.10. The Labute approximate surface area is 79.0 Å². The Morgan fingerprint density at radius 3 is 2.46 bits per heavy atom. The molecule has 0 aliphatic carbocycles. The van der Waals surface area contributed by atoms with Crippen LogP contribution in [0.4, 0.5) is 4.39 Å². The predicted molar refractivity (Wildman–Crippen MR) is 51.9 cm³/mol. The van der Waals surface area contributed by atoms with Gasteiger partial charge in [-0.3, -0.25) is 4.79 Å². The molecular weight excluding hydrogens is 169 g/mol. The number of unbranched alkanes of at least 4 members (excludes halogenated alkanes) is 1. The maximum absolute atomic E-state index is 13.3. The van der Waals surface area contributed by atoms with E-state index in [4.69, 9.17) is 5.73 Å². The Morgan fingerprint density at radius 2 is 2.15 bits per heavy atom. The van der Waals surface area contributed by atoms with Crippen LogP contribution in [0.1, 0.15) is 33.1 Å². The Kier molecular flexibility index (Phi) is 5.35. The minimum absolute atomic E-state index is 0.0451. The smallest absolute Gasteiger partial charge is 0.148 e. The maximum Gasteiger partial charge on any atom is 0.148 e. The molecule has 0 aromatic carbocycles. The molecule has 76 valence electrons. The molecule has 0 aliphatic rings. The van der Waals surface area contributed by atoms with E-state index >= 15 is 0 Å². The Hall–Kier alpha value is -0.860. The monoisotopic (exact) mass is 187 g/mol. The van der Waals surface area contributed by atoms with Gasteiger partial charge in [0.05, 0.1) is 5.92 Å². The highest BCUT2D eigenvalue weighted by atomic mass is 19.1. The molecular formula is C10H18FNO. The van der Waals surface area contributed by atoms with Gasteiger partial charge in [-0.05, 0) is 13.3 Å². The number of Topliss-reactive ketones (excluding diaryl/α,β-unsaturated/α-hetero) is 1. The van der Waals surface area contributed by atoms with Gasteiger partial charge in [-0.1, -0.05) is 26.3 Å². The van der Waals surface area contributed by atoms with E-state index in [-0.39, 0.29) is 11.5 Å². The lowest BCUT2D eigenvalue weighted by Crippen LogP contribution is -2.27. The van der Waals surface area contributed by atoms with Crippen LogP contribution in [0.25, 0.3) is 0 Å². The van der Waals surface area contributed by atoms with Crippen molar-refractivity contribution in [1.82, 2.24) is 0 Å². The van der Waals surface area contributed by atoms with E-state index in [9.17, 15) is 9.18 Å². The number of hydrogen-bond donors (Lipinski definition) is 1. The molecule has 0 saturated carbocycles. The third kappa shape index (κ3) is 4.06. The van der Waals surface area contributed by atoms with E-state index in [0.717, 1.165) is 12.8 Å². The Morgan fingerprint density at radius 1 is 1.62 bits per heavy atom. The number of rotatable bonds is 6. The number of carbonyl (C=O) groups is 1. The lowest BCUT2D eigenvalue weighted by Gasteiger charge is -2.17. The summed E-state index contributed by atoms with van der Waals surface area (Å²) in [6.45, 7) is 6.72. The lowest BCUT2D eigenvalue weighted by atomic mass is 9.92. The van der Waals surface area contributed by atoms with Crippen LogP contribution in [0.15, 0.2) is 12.3 Å². The zero-order valence-corrected chi connectivity index (χ0v) is 8.35. The van der Waals surface area contributed by atoms with Crippen LogP contribution in [0.3, 0.4) is 0 Å². The molecule has 0 aliphatic heterocycles. The van der Waals surface area contributed by atoms with E-state index in [1.807, 2.05) is 6.92 Å². The first-order valence-electron chi connectivity index (χ1n) is 4.59. The summed E-state index contributed by atoms with van der Waals surface area (Å²) in [5, 5.41) is 0. The fourth-order valence-electron chi connectivity index (χ4n) is 1.24. The minimum atomic E-state index is -1.39. The van der Waals surface area contributed by atoms with Crippen molar-refractivity contribution in [2.75, 3.05) is 0 Å². The van der Waals surface area contributed by atoms with Crippen LogP contribution in [0.2, 0.25) is 0 Å². The summed E-state index contributed by atoms with van der Waals surface area (Å²) in [6, 6.07) is 0. The molecule has 2 atom stereocenters. The molecule has 0 amide bonds. The van der Waals surface area contributed by atoms with Crippen molar-refractivity contribution in [2.45, 2.75) is 39.3 Å². The number of alkyl halides is 1. The van der Waals surface area contributed by atoms with E-state index < -0.39 is 12.1 Å². The number of allylic oxidation sites excluding steroid dienone is 1. The van der Waals surface area contributed by atoms with Crippen molar-refractivity contribution < 1.29 is 9.18 Å². The fraction of sp³-hybridized carbons (Fsp3) is 0.700. The average molecular weight is 187 g/mol. The van der Waals surface area contributed by atoms with Crippen LogP contribution in [-0.4, -0.2) is 12.0 Å². The summed E-state index contributed by atoms with van der Waals surface area (Å²) in [4.78, 5) is 11.1. The van der Waals surface area contributed by atoms with Gasteiger partial charge < -0.3 is 5.73 Å². The SMILES string of the molecule is C=C(N)C(F)C(CCCC)C(C)=O.